The van der Waals surface area contributed by atoms with Gasteiger partial charge in [0, 0.05) is 5.02 Å². The van der Waals surface area contributed by atoms with E-state index in [4.69, 9.17) is 21.1 Å². The van der Waals surface area contributed by atoms with Crippen LogP contribution >= 0.6 is 11.6 Å². The van der Waals surface area contributed by atoms with E-state index in [0.717, 1.165) is 48.6 Å². The smallest absolute Gasteiger partial charge is 0.123 e. The Morgan fingerprint density at radius 3 is 2.57 bits per heavy atom. The van der Waals surface area contributed by atoms with E-state index < -0.39 is 0 Å². The fraction of sp³-hybridized carbons (Fsp3) is 0.667. The number of halogens is 1. The van der Waals surface area contributed by atoms with Crippen molar-refractivity contribution < 1.29 is 9.47 Å². The summed E-state index contributed by atoms with van der Waals surface area (Å²) < 4.78 is 11.7. The van der Waals surface area contributed by atoms with Gasteiger partial charge in [0.15, 0.2) is 0 Å². The van der Waals surface area contributed by atoms with E-state index >= 15 is 0 Å². The summed E-state index contributed by atoms with van der Waals surface area (Å²) in [5.74, 6) is 1.45. The number of aryl methyl sites for hydroxylation is 1. The highest BCUT2D eigenvalue weighted by atomic mass is 35.5. The Hall–Kier alpha value is -0.730. The van der Waals surface area contributed by atoms with Crippen molar-refractivity contribution in [1.29, 1.82) is 0 Å². The van der Waals surface area contributed by atoms with Crippen LogP contribution in [0.15, 0.2) is 12.1 Å². The van der Waals surface area contributed by atoms with Crippen LogP contribution in [0.2, 0.25) is 5.02 Å². The van der Waals surface area contributed by atoms with Crippen molar-refractivity contribution in [2.45, 2.75) is 71.5 Å². The molecular weight excluding hydrogens is 284 g/mol. The van der Waals surface area contributed by atoms with Crippen molar-refractivity contribution in [3.05, 3.63) is 28.3 Å². The molecule has 1 aliphatic heterocycles. The Kier molecular flexibility index (Phi) is 5.95. The van der Waals surface area contributed by atoms with Gasteiger partial charge < -0.3 is 9.47 Å². The molecule has 1 aliphatic rings. The van der Waals surface area contributed by atoms with Crippen molar-refractivity contribution in [3.8, 4) is 5.75 Å². The molecule has 3 unspecified atom stereocenters. The van der Waals surface area contributed by atoms with Gasteiger partial charge in [-0.25, -0.2) is 0 Å². The highest BCUT2D eigenvalue weighted by Gasteiger charge is 2.38. The highest BCUT2D eigenvalue weighted by molar-refractivity contribution is 6.31. The zero-order chi connectivity index (χ0) is 15.4. The van der Waals surface area contributed by atoms with Crippen LogP contribution in [0.5, 0.6) is 5.75 Å². The Labute approximate surface area is 133 Å². The quantitative estimate of drug-likeness (QED) is 0.591. The molecule has 2 nitrogen and oxygen atoms in total. The van der Waals surface area contributed by atoms with E-state index in [1.807, 2.05) is 6.92 Å². The Morgan fingerprint density at radius 2 is 2.00 bits per heavy atom. The zero-order valence-corrected chi connectivity index (χ0v) is 14.4. The Bertz CT molecular complexity index is 473. The van der Waals surface area contributed by atoms with Gasteiger partial charge in [-0.1, -0.05) is 32.4 Å². The number of epoxide rings is 1. The van der Waals surface area contributed by atoms with E-state index in [9.17, 15) is 0 Å². The third-order valence-corrected chi connectivity index (χ3v) is 4.70. The second kappa shape index (κ2) is 7.51. The first-order valence-electron chi connectivity index (χ1n) is 8.18. The van der Waals surface area contributed by atoms with Crippen molar-refractivity contribution in [2.75, 3.05) is 6.61 Å². The van der Waals surface area contributed by atoms with E-state index in [1.54, 1.807) is 0 Å². The lowest BCUT2D eigenvalue weighted by atomic mass is 9.89. The molecule has 0 spiro atoms. The minimum atomic E-state index is 0.416. The molecular formula is C18H27ClO2. The van der Waals surface area contributed by atoms with Crippen LogP contribution < -0.4 is 4.74 Å². The second-order valence-corrected chi connectivity index (χ2v) is 6.36. The van der Waals surface area contributed by atoms with Crippen LogP contribution in [0.4, 0.5) is 0 Å². The molecule has 0 saturated carbocycles. The van der Waals surface area contributed by atoms with E-state index in [-0.39, 0.29) is 0 Å². The first-order chi connectivity index (χ1) is 10.1. The predicted octanol–water partition coefficient (Wildman–Crippen LogP) is 5.50. The molecule has 3 heteroatoms. The van der Waals surface area contributed by atoms with E-state index in [1.165, 1.54) is 5.56 Å². The van der Waals surface area contributed by atoms with Gasteiger partial charge in [0.05, 0.1) is 18.8 Å². The first kappa shape index (κ1) is 16.6. The molecule has 0 bridgehead atoms. The minimum absolute atomic E-state index is 0.416. The predicted molar refractivity (Wildman–Crippen MR) is 88.6 cm³/mol. The zero-order valence-electron chi connectivity index (χ0n) is 13.6. The fourth-order valence-corrected chi connectivity index (χ4v) is 3.04. The molecule has 1 saturated heterocycles. The maximum Gasteiger partial charge on any atom is 0.123 e. The SMILES string of the molecule is CCCOc1cc(C)c(Cl)cc1C(CC)CC1OC1CC. The molecule has 0 aromatic heterocycles. The summed E-state index contributed by atoms with van der Waals surface area (Å²) >= 11 is 6.34. The van der Waals surface area contributed by atoms with Crippen LogP contribution in [0.3, 0.4) is 0 Å². The summed E-state index contributed by atoms with van der Waals surface area (Å²) in [6.07, 6.45) is 5.14. The van der Waals surface area contributed by atoms with Crippen molar-refractivity contribution in [3.63, 3.8) is 0 Å². The van der Waals surface area contributed by atoms with Gasteiger partial charge in [0.1, 0.15) is 5.75 Å². The lowest BCUT2D eigenvalue weighted by Crippen LogP contribution is -2.07. The standard InChI is InChI=1S/C18H27ClO2/c1-5-8-20-17-9-12(4)15(19)11-14(17)13(6-2)10-18-16(7-3)21-18/h9,11,13,16,18H,5-8,10H2,1-4H3. The van der Waals surface area contributed by atoms with Gasteiger partial charge in [-0.15, -0.1) is 0 Å². The number of benzene rings is 1. The third-order valence-electron chi connectivity index (χ3n) is 4.29. The van der Waals surface area contributed by atoms with Gasteiger partial charge in [-0.05, 0) is 61.8 Å². The second-order valence-electron chi connectivity index (χ2n) is 5.95. The van der Waals surface area contributed by atoms with Gasteiger partial charge in [-0.3, -0.25) is 0 Å². The molecule has 1 heterocycles. The Morgan fingerprint density at radius 1 is 1.24 bits per heavy atom. The summed E-state index contributed by atoms with van der Waals surface area (Å²) in [6.45, 7) is 9.32. The van der Waals surface area contributed by atoms with Crippen LogP contribution in [0.25, 0.3) is 0 Å². The van der Waals surface area contributed by atoms with Gasteiger partial charge in [-0.2, -0.15) is 0 Å². The molecule has 0 amide bonds. The van der Waals surface area contributed by atoms with Gasteiger partial charge in [0.25, 0.3) is 0 Å². The monoisotopic (exact) mass is 310 g/mol. The summed E-state index contributed by atoms with van der Waals surface area (Å²) in [6, 6.07) is 4.18. The summed E-state index contributed by atoms with van der Waals surface area (Å²) in [4.78, 5) is 0. The molecule has 0 N–H and O–H groups in total. The van der Waals surface area contributed by atoms with Crippen molar-refractivity contribution in [1.82, 2.24) is 0 Å². The average Bonchev–Trinajstić information content (AvgIpc) is 3.24. The highest BCUT2D eigenvalue weighted by Crippen LogP contribution is 2.40. The lowest BCUT2D eigenvalue weighted by Gasteiger charge is -2.20. The summed E-state index contributed by atoms with van der Waals surface area (Å²) in [5, 5.41) is 0.830. The minimum Gasteiger partial charge on any atom is -0.493 e. The average molecular weight is 311 g/mol. The van der Waals surface area contributed by atoms with Crippen LogP contribution in [0.1, 0.15) is 63.5 Å². The molecule has 118 valence electrons. The van der Waals surface area contributed by atoms with Crippen molar-refractivity contribution >= 4 is 11.6 Å². The molecule has 21 heavy (non-hydrogen) atoms. The summed E-state index contributed by atoms with van der Waals surface area (Å²) in [5.41, 5.74) is 2.32. The molecule has 1 aromatic carbocycles. The maximum absolute atomic E-state index is 6.34. The fourth-order valence-electron chi connectivity index (χ4n) is 2.87. The van der Waals surface area contributed by atoms with Gasteiger partial charge >= 0.3 is 0 Å². The molecule has 1 fully saturated rings. The number of ether oxygens (including phenoxy) is 2. The van der Waals surface area contributed by atoms with E-state index in [2.05, 4.69) is 32.9 Å². The van der Waals surface area contributed by atoms with Crippen molar-refractivity contribution in [2.24, 2.45) is 0 Å². The van der Waals surface area contributed by atoms with Crippen LogP contribution in [-0.4, -0.2) is 18.8 Å². The number of hydrogen-bond donors (Lipinski definition) is 0. The third kappa shape index (κ3) is 4.14. The molecule has 0 aliphatic carbocycles. The van der Waals surface area contributed by atoms with E-state index in [0.29, 0.717) is 18.1 Å². The summed E-state index contributed by atoms with van der Waals surface area (Å²) in [7, 11) is 0. The first-order valence-corrected chi connectivity index (χ1v) is 8.56. The van der Waals surface area contributed by atoms with Crippen LogP contribution in [-0.2, 0) is 4.74 Å². The van der Waals surface area contributed by atoms with Crippen LogP contribution in [0, 0.1) is 6.92 Å². The Balaban J connectivity index is 2.19. The molecule has 2 rings (SSSR count). The maximum atomic E-state index is 6.34. The van der Waals surface area contributed by atoms with Gasteiger partial charge in [0.2, 0.25) is 0 Å². The number of rotatable bonds is 8. The molecule has 3 atom stereocenters. The topological polar surface area (TPSA) is 21.8 Å². The lowest BCUT2D eigenvalue weighted by molar-refractivity contribution is 0.307. The molecule has 1 aromatic rings. The normalized spacial score (nSPS) is 22.1. The largest absolute Gasteiger partial charge is 0.493 e. The molecule has 0 radical (unpaired) electrons. The number of hydrogen-bond acceptors (Lipinski definition) is 2.